The molecule has 0 aliphatic heterocycles. The second-order valence-electron chi connectivity index (χ2n) is 5.05. The summed E-state index contributed by atoms with van der Waals surface area (Å²) in [5.41, 5.74) is 1.97. The van der Waals surface area contributed by atoms with Crippen molar-refractivity contribution in [2.45, 2.75) is 6.54 Å². The summed E-state index contributed by atoms with van der Waals surface area (Å²) in [6.07, 6.45) is 4.87. The van der Waals surface area contributed by atoms with Gasteiger partial charge < -0.3 is 14.6 Å². The minimum absolute atomic E-state index is 0.258. The first-order valence-electron chi connectivity index (χ1n) is 7.22. The van der Waals surface area contributed by atoms with Crippen molar-refractivity contribution < 1.29 is 9.13 Å². The molecular weight excluding hydrogens is 343 g/mol. The molecule has 0 aliphatic rings. The lowest BCUT2D eigenvalue weighted by Gasteiger charge is -2.07. The van der Waals surface area contributed by atoms with E-state index in [1.54, 1.807) is 41.4 Å². The van der Waals surface area contributed by atoms with Crippen LogP contribution in [0.5, 0.6) is 0 Å². The van der Waals surface area contributed by atoms with E-state index in [4.69, 9.17) is 22.2 Å². The zero-order valence-corrected chi connectivity index (χ0v) is 14.0. The van der Waals surface area contributed by atoms with Crippen molar-refractivity contribution in [3.8, 4) is 17.4 Å². The van der Waals surface area contributed by atoms with E-state index in [0.717, 1.165) is 0 Å². The fraction of sp³-hybridized carbons (Fsp3) is 0.125. The van der Waals surface area contributed by atoms with E-state index in [1.807, 2.05) is 6.07 Å². The van der Waals surface area contributed by atoms with Gasteiger partial charge in [-0.05, 0) is 30.4 Å². The molecule has 2 aromatic heterocycles. The number of hydrogen-bond donors (Lipinski definition) is 1. The highest BCUT2D eigenvalue weighted by Gasteiger charge is 2.09. The average Bonchev–Trinajstić information content (AvgIpc) is 3.28. The number of rotatable bonds is 4. The van der Waals surface area contributed by atoms with E-state index in [2.05, 4.69) is 15.6 Å². The zero-order chi connectivity index (χ0) is 17.8. The van der Waals surface area contributed by atoms with Gasteiger partial charge in [0.2, 0.25) is 0 Å². The van der Waals surface area contributed by atoms with E-state index in [-0.39, 0.29) is 5.17 Å². The third kappa shape index (κ3) is 3.64. The number of benzene rings is 1. The largest absolute Gasteiger partial charge is 0.474 e. The molecule has 0 atom stereocenters. The van der Waals surface area contributed by atoms with Gasteiger partial charge in [-0.3, -0.25) is 0 Å². The van der Waals surface area contributed by atoms with Crippen molar-refractivity contribution in [2.24, 2.45) is 0 Å². The number of thiocarbonyl (C=S) groups is 1. The van der Waals surface area contributed by atoms with Crippen LogP contribution in [0.3, 0.4) is 0 Å². The molecule has 0 fully saturated rings. The Morgan fingerprint density at radius 2 is 2.24 bits per heavy atom. The lowest BCUT2D eigenvalue weighted by atomic mass is 10.2. The maximum atomic E-state index is 14.4. The number of nitrogens with zero attached hydrogens (tertiary/aromatic N) is 5. The number of aromatic nitrogens is 4. The number of nitrogens with one attached hydrogen (secondary N) is 1. The van der Waals surface area contributed by atoms with Gasteiger partial charge in [0.1, 0.15) is 17.6 Å². The number of halogens is 1. The highest BCUT2D eigenvalue weighted by molar-refractivity contribution is 7.80. The minimum Gasteiger partial charge on any atom is -0.474 e. The molecule has 7 nitrogen and oxygen atoms in total. The molecule has 0 amide bonds. The first-order chi connectivity index (χ1) is 12.1. The Morgan fingerprint density at radius 3 is 2.92 bits per heavy atom. The summed E-state index contributed by atoms with van der Waals surface area (Å²) in [6.45, 7) is 0.355. The Bertz CT molecular complexity index is 958. The van der Waals surface area contributed by atoms with E-state index in [1.165, 1.54) is 17.9 Å². The van der Waals surface area contributed by atoms with Crippen LogP contribution in [-0.4, -0.2) is 31.8 Å². The van der Waals surface area contributed by atoms with Gasteiger partial charge in [-0.25, -0.2) is 9.07 Å². The van der Waals surface area contributed by atoms with E-state index in [9.17, 15) is 4.39 Å². The Kier molecular flexibility index (Phi) is 4.72. The minimum atomic E-state index is -0.437. The van der Waals surface area contributed by atoms with E-state index in [0.29, 0.717) is 29.2 Å². The van der Waals surface area contributed by atoms with Crippen molar-refractivity contribution in [1.82, 2.24) is 24.9 Å². The number of methoxy groups -OCH3 is 1. The SMILES string of the molecule is COC(=S)NCc1cn(-c2ccc(-n3ccc(C#N)c3)c(F)c2)nn1. The molecule has 0 unspecified atom stereocenters. The fourth-order valence-corrected chi connectivity index (χ4v) is 2.27. The van der Waals surface area contributed by atoms with Crippen LogP contribution in [0.4, 0.5) is 4.39 Å². The smallest absolute Gasteiger partial charge is 0.256 e. The van der Waals surface area contributed by atoms with Crippen LogP contribution in [0.25, 0.3) is 11.4 Å². The maximum absolute atomic E-state index is 14.4. The Balaban J connectivity index is 1.80. The van der Waals surface area contributed by atoms with Crippen molar-refractivity contribution in [3.05, 3.63) is 59.9 Å². The van der Waals surface area contributed by atoms with Gasteiger partial charge in [-0.2, -0.15) is 5.26 Å². The van der Waals surface area contributed by atoms with E-state index >= 15 is 0 Å². The average molecular weight is 356 g/mol. The maximum Gasteiger partial charge on any atom is 0.256 e. The third-order valence-electron chi connectivity index (χ3n) is 3.44. The van der Waals surface area contributed by atoms with Crippen molar-refractivity contribution in [1.29, 1.82) is 5.26 Å². The fourth-order valence-electron chi connectivity index (χ4n) is 2.20. The summed E-state index contributed by atoms with van der Waals surface area (Å²) < 4.78 is 22.3. The molecule has 25 heavy (non-hydrogen) atoms. The van der Waals surface area contributed by atoms with Crippen molar-refractivity contribution in [2.75, 3.05) is 7.11 Å². The summed E-state index contributed by atoms with van der Waals surface area (Å²) in [5.74, 6) is -0.437. The molecule has 0 saturated carbocycles. The Hall–Kier alpha value is -3.25. The van der Waals surface area contributed by atoms with Crippen molar-refractivity contribution >= 4 is 17.4 Å². The summed E-state index contributed by atoms with van der Waals surface area (Å²) in [7, 11) is 1.47. The number of hydrogen-bond acceptors (Lipinski definition) is 5. The third-order valence-corrected chi connectivity index (χ3v) is 3.75. The molecule has 1 N–H and O–H groups in total. The molecule has 2 heterocycles. The molecular formula is C16H13FN6OS. The second kappa shape index (κ2) is 7.11. The predicted octanol–water partition coefficient (Wildman–Crippen LogP) is 2.09. The first-order valence-corrected chi connectivity index (χ1v) is 7.63. The second-order valence-corrected chi connectivity index (χ2v) is 5.43. The molecule has 0 saturated heterocycles. The first kappa shape index (κ1) is 16.6. The highest BCUT2D eigenvalue weighted by Crippen LogP contribution is 2.18. The summed E-state index contributed by atoms with van der Waals surface area (Å²) in [6, 6.07) is 8.32. The zero-order valence-electron chi connectivity index (χ0n) is 13.2. The van der Waals surface area contributed by atoms with Gasteiger partial charge >= 0.3 is 0 Å². The van der Waals surface area contributed by atoms with Gasteiger partial charge in [0.15, 0.2) is 0 Å². The van der Waals surface area contributed by atoms with Crippen LogP contribution in [0.1, 0.15) is 11.3 Å². The van der Waals surface area contributed by atoms with Gasteiger partial charge in [-0.1, -0.05) is 5.21 Å². The van der Waals surface area contributed by atoms with Crippen LogP contribution in [0.2, 0.25) is 0 Å². The predicted molar refractivity (Wildman–Crippen MR) is 91.8 cm³/mol. The lowest BCUT2D eigenvalue weighted by Crippen LogP contribution is -2.22. The molecule has 3 rings (SSSR count). The quantitative estimate of drug-likeness (QED) is 0.721. The standard InChI is InChI=1S/C16H13FN6OS/c1-24-16(25)19-8-12-10-23(21-20-12)13-2-3-15(14(17)6-13)22-5-4-11(7-18)9-22/h2-6,9-10H,8H2,1H3,(H,19,25). The molecule has 9 heteroatoms. The van der Waals surface area contributed by atoms with Gasteiger partial charge in [0.05, 0.1) is 36.8 Å². The molecule has 0 radical (unpaired) electrons. The Labute approximate surface area is 148 Å². The topological polar surface area (TPSA) is 80.7 Å². The molecule has 3 aromatic rings. The monoisotopic (exact) mass is 356 g/mol. The molecule has 0 bridgehead atoms. The summed E-state index contributed by atoms with van der Waals surface area (Å²) >= 11 is 4.88. The Morgan fingerprint density at radius 1 is 1.40 bits per heavy atom. The number of nitriles is 1. The van der Waals surface area contributed by atoms with Crippen LogP contribution in [0.15, 0.2) is 42.9 Å². The van der Waals surface area contributed by atoms with Gasteiger partial charge in [-0.15, -0.1) is 5.10 Å². The van der Waals surface area contributed by atoms with Crippen LogP contribution in [0, 0.1) is 17.1 Å². The lowest BCUT2D eigenvalue weighted by molar-refractivity contribution is 0.392. The normalized spacial score (nSPS) is 10.3. The van der Waals surface area contributed by atoms with E-state index < -0.39 is 5.82 Å². The molecule has 126 valence electrons. The number of ether oxygens (including phenoxy) is 1. The highest BCUT2D eigenvalue weighted by atomic mass is 32.1. The molecule has 1 aromatic carbocycles. The summed E-state index contributed by atoms with van der Waals surface area (Å²) in [4.78, 5) is 0. The molecule has 0 spiro atoms. The van der Waals surface area contributed by atoms with Crippen LogP contribution < -0.4 is 5.32 Å². The van der Waals surface area contributed by atoms with Gasteiger partial charge in [0, 0.05) is 18.5 Å². The van der Waals surface area contributed by atoms with Gasteiger partial charge in [0.25, 0.3) is 5.17 Å². The molecule has 0 aliphatic carbocycles. The van der Waals surface area contributed by atoms with Crippen molar-refractivity contribution in [3.63, 3.8) is 0 Å². The van der Waals surface area contributed by atoms with Crippen LogP contribution in [-0.2, 0) is 11.3 Å². The van der Waals surface area contributed by atoms with Crippen LogP contribution >= 0.6 is 12.2 Å². The summed E-state index contributed by atoms with van der Waals surface area (Å²) in [5, 5.41) is 19.9.